The summed E-state index contributed by atoms with van der Waals surface area (Å²) in [5.74, 6) is 0. The number of thiazole rings is 1. The molecular weight excluding hydrogens is 340 g/mol. The van der Waals surface area contributed by atoms with Gasteiger partial charge in [-0.15, -0.1) is 0 Å². The van der Waals surface area contributed by atoms with Crippen molar-refractivity contribution in [2.75, 3.05) is 0 Å². The number of pyridine rings is 1. The van der Waals surface area contributed by atoms with Crippen molar-refractivity contribution >= 4 is 21.7 Å². The molecule has 1 aliphatic rings. The van der Waals surface area contributed by atoms with Gasteiger partial charge in [0.05, 0.1) is 12.3 Å². The van der Waals surface area contributed by atoms with Gasteiger partial charge in [-0.2, -0.15) is 0 Å². The van der Waals surface area contributed by atoms with Crippen molar-refractivity contribution in [1.29, 1.82) is 0 Å². The van der Waals surface area contributed by atoms with E-state index >= 15 is 0 Å². The molecular formula is C22H18N2OS. The Kier molecular flexibility index (Phi) is 3.62. The number of fused-ring (bicyclic) bond motifs is 1. The van der Waals surface area contributed by atoms with Gasteiger partial charge in [0.1, 0.15) is 15.4 Å². The van der Waals surface area contributed by atoms with Gasteiger partial charge in [0.25, 0.3) is 0 Å². The zero-order chi connectivity index (χ0) is 17.6. The Balaban J connectivity index is 1.54. The highest BCUT2D eigenvalue weighted by Crippen LogP contribution is 2.53. The second-order valence-electron chi connectivity index (χ2n) is 6.84. The molecule has 4 heteroatoms. The number of aliphatic hydroxyl groups is 1. The lowest BCUT2D eigenvalue weighted by Gasteiger charge is -2.14. The van der Waals surface area contributed by atoms with Crippen molar-refractivity contribution in [1.82, 2.24) is 9.97 Å². The third kappa shape index (κ3) is 2.54. The number of nitrogens with zero attached hydrogens (tertiary/aromatic N) is 2. The molecule has 1 N–H and O–H groups in total. The summed E-state index contributed by atoms with van der Waals surface area (Å²) in [5, 5.41) is 10.2. The lowest BCUT2D eigenvalue weighted by Crippen LogP contribution is -2.10. The van der Waals surface area contributed by atoms with E-state index < -0.39 is 0 Å². The van der Waals surface area contributed by atoms with Gasteiger partial charge < -0.3 is 5.11 Å². The highest BCUT2D eigenvalue weighted by molar-refractivity contribution is 7.21. The lowest BCUT2D eigenvalue weighted by molar-refractivity contribution is 0.282. The topological polar surface area (TPSA) is 46.0 Å². The molecule has 1 aliphatic carbocycles. The van der Waals surface area contributed by atoms with E-state index in [1.54, 1.807) is 11.3 Å². The maximum atomic E-state index is 9.20. The maximum Gasteiger partial charge on any atom is 0.144 e. The molecule has 0 atom stereocenters. The second kappa shape index (κ2) is 6.01. The van der Waals surface area contributed by atoms with Gasteiger partial charge >= 0.3 is 0 Å². The number of hydrogen-bond acceptors (Lipinski definition) is 4. The molecule has 0 bridgehead atoms. The molecule has 2 heterocycles. The monoisotopic (exact) mass is 358 g/mol. The molecule has 26 heavy (non-hydrogen) atoms. The zero-order valence-electron chi connectivity index (χ0n) is 14.2. The fraction of sp³-hybridized carbons (Fsp3) is 0.182. The third-order valence-electron chi connectivity index (χ3n) is 5.21. The summed E-state index contributed by atoms with van der Waals surface area (Å²) in [6, 6.07) is 22.8. The summed E-state index contributed by atoms with van der Waals surface area (Å²) >= 11 is 1.63. The fourth-order valence-electron chi connectivity index (χ4n) is 3.53. The van der Waals surface area contributed by atoms with Crippen LogP contribution in [0.15, 0.2) is 66.7 Å². The van der Waals surface area contributed by atoms with E-state index in [9.17, 15) is 5.11 Å². The van der Waals surface area contributed by atoms with Crippen LogP contribution in [-0.4, -0.2) is 15.1 Å². The summed E-state index contributed by atoms with van der Waals surface area (Å²) in [5.41, 5.74) is 5.52. The van der Waals surface area contributed by atoms with Gasteiger partial charge in [0, 0.05) is 11.0 Å². The quantitative estimate of drug-likeness (QED) is 0.562. The van der Waals surface area contributed by atoms with E-state index in [-0.39, 0.29) is 12.0 Å². The van der Waals surface area contributed by atoms with Gasteiger partial charge in [-0.25, -0.2) is 9.97 Å². The van der Waals surface area contributed by atoms with E-state index in [1.165, 1.54) is 5.56 Å². The average Bonchev–Trinajstić information content (AvgIpc) is 3.41. The molecule has 2 aromatic heterocycles. The first kappa shape index (κ1) is 15.7. The van der Waals surface area contributed by atoms with Gasteiger partial charge in [0.15, 0.2) is 0 Å². The predicted molar refractivity (Wildman–Crippen MR) is 105 cm³/mol. The van der Waals surface area contributed by atoms with Crippen molar-refractivity contribution in [2.24, 2.45) is 0 Å². The maximum absolute atomic E-state index is 9.20. The Hall–Kier alpha value is -2.56. The smallest absolute Gasteiger partial charge is 0.144 e. The standard InChI is InChI=1S/C22H18N2OS/c25-14-15-6-8-16(9-7-15)20-23-18-10-11-19(24-21(18)26-20)22(12-13-22)17-4-2-1-3-5-17/h1-11,25H,12-14H2. The minimum Gasteiger partial charge on any atom is -0.392 e. The summed E-state index contributed by atoms with van der Waals surface area (Å²) in [6.07, 6.45) is 2.31. The Labute approximate surface area is 156 Å². The minimum absolute atomic E-state index is 0.0621. The highest BCUT2D eigenvalue weighted by atomic mass is 32.1. The molecule has 0 spiro atoms. The van der Waals surface area contributed by atoms with Crippen LogP contribution >= 0.6 is 11.3 Å². The molecule has 0 amide bonds. The number of hydrogen-bond donors (Lipinski definition) is 1. The Morgan fingerprint density at radius 1 is 0.885 bits per heavy atom. The van der Waals surface area contributed by atoms with Gasteiger partial charge in [-0.1, -0.05) is 65.9 Å². The van der Waals surface area contributed by atoms with E-state index in [0.717, 1.165) is 45.0 Å². The van der Waals surface area contributed by atoms with Crippen LogP contribution in [0.3, 0.4) is 0 Å². The predicted octanol–water partition coefficient (Wildman–Crippen LogP) is 4.93. The van der Waals surface area contributed by atoms with Crippen molar-refractivity contribution in [3.05, 3.63) is 83.6 Å². The van der Waals surface area contributed by atoms with E-state index in [2.05, 4.69) is 42.5 Å². The van der Waals surface area contributed by atoms with Gasteiger partial charge in [-0.05, 0) is 36.1 Å². The van der Waals surface area contributed by atoms with Crippen molar-refractivity contribution < 1.29 is 5.11 Å². The fourth-order valence-corrected chi connectivity index (χ4v) is 4.48. The minimum atomic E-state index is 0.0621. The number of benzene rings is 2. The van der Waals surface area contributed by atoms with Gasteiger partial charge in [-0.3, -0.25) is 0 Å². The summed E-state index contributed by atoms with van der Waals surface area (Å²) in [6.45, 7) is 0.0621. The van der Waals surface area contributed by atoms with Crippen molar-refractivity contribution in [3.8, 4) is 10.6 Å². The second-order valence-corrected chi connectivity index (χ2v) is 7.82. The molecule has 1 fully saturated rings. The SMILES string of the molecule is OCc1ccc(-c2nc3ccc(C4(c5ccccc5)CC4)nc3s2)cc1. The number of rotatable bonds is 4. The van der Waals surface area contributed by atoms with Crippen molar-refractivity contribution in [3.63, 3.8) is 0 Å². The molecule has 0 saturated heterocycles. The average molecular weight is 358 g/mol. The van der Waals surface area contributed by atoms with Crippen LogP contribution in [-0.2, 0) is 12.0 Å². The number of aromatic nitrogens is 2. The summed E-state index contributed by atoms with van der Waals surface area (Å²) in [4.78, 5) is 10.7. The zero-order valence-corrected chi connectivity index (χ0v) is 15.0. The molecule has 3 nitrogen and oxygen atoms in total. The van der Waals surface area contributed by atoms with Crippen LogP contribution in [0, 0.1) is 0 Å². The molecule has 1 saturated carbocycles. The van der Waals surface area contributed by atoms with Crippen LogP contribution < -0.4 is 0 Å². The Morgan fingerprint density at radius 3 is 2.35 bits per heavy atom. The molecule has 0 radical (unpaired) electrons. The summed E-state index contributed by atoms with van der Waals surface area (Å²) in [7, 11) is 0. The first-order chi connectivity index (χ1) is 12.8. The molecule has 0 aliphatic heterocycles. The van der Waals surface area contributed by atoms with E-state index in [1.807, 2.05) is 24.3 Å². The molecule has 2 aromatic carbocycles. The van der Waals surface area contributed by atoms with Crippen LogP contribution in [0.2, 0.25) is 0 Å². The molecule has 0 unspecified atom stereocenters. The molecule has 128 valence electrons. The number of aliphatic hydroxyl groups excluding tert-OH is 1. The van der Waals surface area contributed by atoms with Crippen LogP contribution in [0.5, 0.6) is 0 Å². The molecule has 5 rings (SSSR count). The van der Waals surface area contributed by atoms with E-state index in [4.69, 9.17) is 9.97 Å². The largest absolute Gasteiger partial charge is 0.392 e. The van der Waals surface area contributed by atoms with Gasteiger partial charge in [0.2, 0.25) is 0 Å². The van der Waals surface area contributed by atoms with E-state index in [0.29, 0.717) is 0 Å². The first-order valence-corrected chi connectivity index (χ1v) is 9.64. The highest BCUT2D eigenvalue weighted by Gasteiger charge is 2.47. The third-order valence-corrected chi connectivity index (χ3v) is 6.22. The normalized spacial score (nSPS) is 15.3. The van der Waals surface area contributed by atoms with Crippen LogP contribution in [0.1, 0.15) is 29.7 Å². The lowest BCUT2D eigenvalue weighted by atomic mass is 9.92. The Morgan fingerprint density at radius 2 is 1.65 bits per heavy atom. The first-order valence-electron chi connectivity index (χ1n) is 8.82. The van der Waals surface area contributed by atoms with Crippen molar-refractivity contribution in [2.45, 2.75) is 24.9 Å². The molecule has 4 aromatic rings. The summed E-state index contributed by atoms with van der Waals surface area (Å²) < 4.78 is 0. The van der Waals surface area contributed by atoms with Crippen LogP contribution in [0.25, 0.3) is 20.9 Å². The van der Waals surface area contributed by atoms with Crippen LogP contribution in [0.4, 0.5) is 0 Å². The Bertz CT molecular complexity index is 1070.